The van der Waals surface area contributed by atoms with Crippen LogP contribution in [0.5, 0.6) is 0 Å². The molecule has 2 aromatic rings. The van der Waals surface area contributed by atoms with Crippen molar-refractivity contribution in [1.82, 2.24) is 14.4 Å². The van der Waals surface area contributed by atoms with Crippen molar-refractivity contribution in [3.05, 3.63) is 28.8 Å². The Kier molecular flexibility index (Phi) is 2.32. The summed E-state index contributed by atoms with van der Waals surface area (Å²) in [4.78, 5) is 19.1. The molecule has 1 N–H and O–H groups in total. The molecule has 5 nitrogen and oxygen atoms in total. The summed E-state index contributed by atoms with van der Waals surface area (Å²) in [6.07, 6.45) is 2.10. The van der Waals surface area contributed by atoms with E-state index >= 15 is 0 Å². The number of aryl methyl sites for hydroxylation is 1. The van der Waals surface area contributed by atoms with Gasteiger partial charge in [0.05, 0.1) is 5.69 Å². The smallest absolute Gasteiger partial charge is 0.354 e. The molecule has 2 aromatic heterocycles. The van der Waals surface area contributed by atoms with E-state index in [9.17, 15) is 4.79 Å². The van der Waals surface area contributed by atoms with Crippen molar-refractivity contribution in [1.29, 1.82) is 0 Å². The van der Waals surface area contributed by atoms with Crippen LogP contribution in [0.25, 0.3) is 5.78 Å². The van der Waals surface area contributed by atoms with E-state index in [1.54, 1.807) is 6.20 Å². The highest BCUT2D eigenvalue weighted by Crippen LogP contribution is 2.14. The van der Waals surface area contributed by atoms with Gasteiger partial charge in [0, 0.05) is 6.20 Å². The third kappa shape index (κ3) is 1.55. The van der Waals surface area contributed by atoms with E-state index in [-0.39, 0.29) is 5.69 Å². The second-order valence-corrected chi connectivity index (χ2v) is 3.37. The molecule has 6 heteroatoms. The molecule has 0 unspecified atom stereocenters. The minimum absolute atomic E-state index is 0.150. The summed E-state index contributed by atoms with van der Waals surface area (Å²) in [5.74, 6) is -0.694. The van der Waals surface area contributed by atoms with Crippen LogP contribution in [0.1, 0.15) is 23.1 Å². The van der Waals surface area contributed by atoms with Gasteiger partial charge in [0.15, 0.2) is 5.69 Å². The predicted octanol–water partition coefficient (Wildman–Crippen LogP) is 1.64. The zero-order chi connectivity index (χ0) is 11.0. The number of aromatic carboxylic acids is 1. The van der Waals surface area contributed by atoms with Crippen LogP contribution < -0.4 is 0 Å². The Morgan fingerprint density at radius 2 is 2.33 bits per heavy atom. The van der Waals surface area contributed by atoms with Gasteiger partial charge in [-0.3, -0.25) is 4.40 Å². The molecule has 2 heterocycles. The molecule has 0 fully saturated rings. The average molecular weight is 226 g/mol. The maximum Gasteiger partial charge on any atom is 0.354 e. The molecule has 78 valence electrons. The van der Waals surface area contributed by atoms with Crippen LogP contribution in [0, 0.1) is 0 Å². The van der Waals surface area contributed by atoms with Gasteiger partial charge in [0.1, 0.15) is 5.15 Å². The third-order valence-corrected chi connectivity index (χ3v) is 2.28. The second kappa shape index (κ2) is 3.51. The van der Waals surface area contributed by atoms with E-state index in [0.717, 1.165) is 0 Å². The second-order valence-electron chi connectivity index (χ2n) is 2.99. The van der Waals surface area contributed by atoms with E-state index in [4.69, 9.17) is 16.7 Å². The van der Waals surface area contributed by atoms with Crippen LogP contribution in [0.15, 0.2) is 12.3 Å². The van der Waals surface area contributed by atoms with Gasteiger partial charge in [-0.15, -0.1) is 0 Å². The normalized spacial score (nSPS) is 10.8. The molecule has 0 saturated carbocycles. The number of aromatic nitrogens is 3. The van der Waals surface area contributed by atoms with E-state index in [1.165, 1.54) is 10.5 Å². The number of nitrogens with zero attached hydrogens (tertiary/aromatic N) is 3. The highest BCUT2D eigenvalue weighted by atomic mass is 35.5. The average Bonchev–Trinajstić information content (AvgIpc) is 2.54. The zero-order valence-electron chi connectivity index (χ0n) is 7.94. The number of rotatable bonds is 2. The van der Waals surface area contributed by atoms with Gasteiger partial charge in [-0.25, -0.2) is 14.8 Å². The lowest BCUT2D eigenvalue weighted by Crippen LogP contribution is -2.05. The molecule has 0 aliphatic rings. The molecule has 0 spiro atoms. The van der Waals surface area contributed by atoms with Crippen LogP contribution in [0.2, 0.25) is 5.15 Å². The fourth-order valence-electron chi connectivity index (χ4n) is 1.43. The number of carboxylic acids is 1. The van der Waals surface area contributed by atoms with Crippen molar-refractivity contribution in [3.8, 4) is 0 Å². The minimum atomic E-state index is -1.01. The minimum Gasteiger partial charge on any atom is -0.477 e. The molecular weight excluding hydrogens is 218 g/mol. The molecule has 15 heavy (non-hydrogen) atoms. The Balaban J connectivity index is 2.80. The molecular formula is C9H8ClN3O2. The van der Waals surface area contributed by atoms with Crippen molar-refractivity contribution >= 4 is 23.3 Å². The standard InChI is InChI=1S/C9H8ClN3O2/c1-2-5-7(8(14)15)13-4-3-6(10)12-9(13)11-5/h3-4H,2H2,1H3,(H,14,15). The number of imidazole rings is 1. The first kappa shape index (κ1) is 9.92. The Bertz CT molecular complexity index is 535. The zero-order valence-corrected chi connectivity index (χ0v) is 8.69. The maximum absolute atomic E-state index is 11.0. The van der Waals surface area contributed by atoms with Gasteiger partial charge in [-0.05, 0) is 12.5 Å². The van der Waals surface area contributed by atoms with E-state index in [0.29, 0.717) is 23.0 Å². The molecule has 0 radical (unpaired) electrons. The highest BCUT2D eigenvalue weighted by Gasteiger charge is 2.17. The largest absolute Gasteiger partial charge is 0.477 e. The van der Waals surface area contributed by atoms with Gasteiger partial charge in [-0.2, -0.15) is 0 Å². The van der Waals surface area contributed by atoms with Crippen molar-refractivity contribution in [2.45, 2.75) is 13.3 Å². The van der Waals surface area contributed by atoms with Crippen molar-refractivity contribution in [2.75, 3.05) is 0 Å². The van der Waals surface area contributed by atoms with Crippen molar-refractivity contribution < 1.29 is 9.90 Å². The molecule has 0 bridgehead atoms. The lowest BCUT2D eigenvalue weighted by atomic mass is 10.2. The van der Waals surface area contributed by atoms with Crippen molar-refractivity contribution in [3.63, 3.8) is 0 Å². The van der Waals surface area contributed by atoms with E-state index < -0.39 is 5.97 Å². The summed E-state index contributed by atoms with van der Waals surface area (Å²) in [5, 5.41) is 9.33. The fraction of sp³-hybridized carbons (Fsp3) is 0.222. The Morgan fingerprint density at radius 1 is 1.60 bits per heavy atom. The van der Waals surface area contributed by atoms with Crippen LogP contribution in [0.4, 0.5) is 0 Å². The third-order valence-electron chi connectivity index (χ3n) is 2.07. The Labute approximate surface area is 90.3 Å². The summed E-state index contributed by atoms with van der Waals surface area (Å²) in [5.41, 5.74) is 0.661. The van der Waals surface area contributed by atoms with Gasteiger partial charge in [0.25, 0.3) is 0 Å². The number of halogens is 1. The van der Waals surface area contributed by atoms with Crippen LogP contribution in [-0.2, 0) is 6.42 Å². The summed E-state index contributed by atoms with van der Waals surface area (Å²) >= 11 is 5.69. The molecule has 2 rings (SSSR count). The monoisotopic (exact) mass is 225 g/mol. The SMILES string of the molecule is CCc1nc2nc(Cl)ccn2c1C(=O)O. The summed E-state index contributed by atoms with van der Waals surface area (Å²) < 4.78 is 1.42. The first-order chi connectivity index (χ1) is 7.13. The lowest BCUT2D eigenvalue weighted by Gasteiger charge is -1.96. The summed E-state index contributed by atoms with van der Waals surface area (Å²) in [7, 11) is 0. The van der Waals surface area contributed by atoms with Crippen LogP contribution >= 0.6 is 11.6 Å². The Morgan fingerprint density at radius 3 is 2.93 bits per heavy atom. The first-order valence-corrected chi connectivity index (χ1v) is 4.78. The molecule has 0 aliphatic heterocycles. The lowest BCUT2D eigenvalue weighted by molar-refractivity contribution is 0.0688. The first-order valence-electron chi connectivity index (χ1n) is 4.40. The predicted molar refractivity (Wildman–Crippen MR) is 54.3 cm³/mol. The molecule has 0 saturated heterocycles. The van der Waals surface area contributed by atoms with Gasteiger partial charge in [0.2, 0.25) is 5.78 Å². The van der Waals surface area contributed by atoms with Gasteiger partial charge in [-0.1, -0.05) is 18.5 Å². The topological polar surface area (TPSA) is 67.5 Å². The van der Waals surface area contributed by atoms with Gasteiger partial charge < -0.3 is 5.11 Å². The van der Waals surface area contributed by atoms with Crippen molar-refractivity contribution in [2.24, 2.45) is 0 Å². The van der Waals surface area contributed by atoms with Crippen LogP contribution in [-0.4, -0.2) is 25.4 Å². The van der Waals surface area contributed by atoms with Gasteiger partial charge >= 0.3 is 5.97 Å². The van der Waals surface area contributed by atoms with Crippen LogP contribution in [0.3, 0.4) is 0 Å². The number of carboxylic acid groups (broad SMARTS) is 1. The van der Waals surface area contributed by atoms with E-state index in [2.05, 4.69) is 9.97 Å². The highest BCUT2D eigenvalue weighted by molar-refractivity contribution is 6.29. The number of carbonyl (C=O) groups is 1. The summed E-state index contributed by atoms with van der Waals surface area (Å²) in [6.45, 7) is 1.84. The number of fused-ring (bicyclic) bond motifs is 1. The number of hydrogen-bond acceptors (Lipinski definition) is 3. The fourth-order valence-corrected chi connectivity index (χ4v) is 1.56. The summed E-state index contributed by atoms with van der Waals surface area (Å²) in [6, 6.07) is 1.53. The maximum atomic E-state index is 11.0. The quantitative estimate of drug-likeness (QED) is 0.789. The molecule has 0 aromatic carbocycles. The Hall–Kier alpha value is -1.62. The molecule has 0 aliphatic carbocycles. The van der Waals surface area contributed by atoms with E-state index in [1.807, 2.05) is 6.92 Å². The number of hydrogen-bond donors (Lipinski definition) is 1. The molecule has 0 atom stereocenters. The molecule has 0 amide bonds.